The van der Waals surface area contributed by atoms with Crippen LogP contribution in [0.4, 0.5) is 0 Å². The molecular weight excluding hydrogens is 472 g/mol. The van der Waals surface area contributed by atoms with Gasteiger partial charge in [0.15, 0.2) is 18.9 Å². The van der Waals surface area contributed by atoms with Crippen molar-refractivity contribution in [3.8, 4) is 0 Å². The van der Waals surface area contributed by atoms with Crippen LogP contribution in [0.1, 0.15) is 0 Å². The molecule has 16 nitrogen and oxygen atoms in total. The van der Waals surface area contributed by atoms with Gasteiger partial charge in [0.25, 0.3) is 0 Å². The van der Waals surface area contributed by atoms with Crippen LogP contribution in [0.3, 0.4) is 0 Å². The second kappa shape index (κ2) is 11.6. The van der Waals surface area contributed by atoms with Crippen molar-refractivity contribution in [1.29, 1.82) is 0 Å². The lowest BCUT2D eigenvalue weighted by molar-refractivity contribution is -0.381. The SMILES string of the molecule is OC[C@H]1O[C@H](OC[C@H]2O[C@H](O[C@H]3O[C@H](CO)[C@@H](O)[C@H](O)[C@@H]3O)[C@@H](O)[C@@H](O)[C@@H]2O)[C@@H](O)[C@@H](O)[C@@H]1O. The summed E-state index contributed by atoms with van der Waals surface area (Å²) in [6.07, 6.45) is -24.9. The summed E-state index contributed by atoms with van der Waals surface area (Å²) in [5.41, 5.74) is 0. The maximum absolute atomic E-state index is 10.2. The van der Waals surface area contributed by atoms with E-state index in [4.69, 9.17) is 23.7 Å². The average molecular weight is 504 g/mol. The predicted octanol–water partition coefficient (Wildman–Crippen LogP) is -7.57. The van der Waals surface area contributed by atoms with E-state index < -0.39 is 112 Å². The lowest BCUT2D eigenvalue weighted by Crippen LogP contribution is -2.64. The molecule has 15 atom stereocenters. The van der Waals surface area contributed by atoms with Crippen LogP contribution in [0.25, 0.3) is 0 Å². The Balaban J connectivity index is 1.64. The zero-order valence-electron chi connectivity index (χ0n) is 17.7. The molecule has 11 N–H and O–H groups in total. The minimum absolute atomic E-state index is 0.609. The average Bonchev–Trinajstić information content (AvgIpc) is 2.83. The topological polar surface area (TPSA) is 269 Å². The summed E-state index contributed by atoms with van der Waals surface area (Å²) in [5.74, 6) is 0. The minimum Gasteiger partial charge on any atom is -0.394 e. The molecule has 3 saturated heterocycles. The van der Waals surface area contributed by atoms with Crippen molar-refractivity contribution in [2.45, 2.75) is 92.1 Å². The molecule has 3 fully saturated rings. The van der Waals surface area contributed by atoms with Gasteiger partial charge in [-0.05, 0) is 0 Å². The van der Waals surface area contributed by atoms with E-state index in [1.54, 1.807) is 0 Å². The van der Waals surface area contributed by atoms with Crippen molar-refractivity contribution < 1.29 is 79.9 Å². The van der Waals surface area contributed by atoms with Gasteiger partial charge >= 0.3 is 0 Å². The zero-order valence-corrected chi connectivity index (χ0v) is 17.7. The van der Waals surface area contributed by atoms with Crippen molar-refractivity contribution >= 4 is 0 Å². The van der Waals surface area contributed by atoms with Crippen LogP contribution in [-0.2, 0) is 23.7 Å². The molecule has 0 aliphatic carbocycles. The number of aliphatic hydroxyl groups is 11. The van der Waals surface area contributed by atoms with Gasteiger partial charge in [-0.3, -0.25) is 0 Å². The van der Waals surface area contributed by atoms with Crippen LogP contribution < -0.4 is 0 Å². The summed E-state index contributed by atoms with van der Waals surface area (Å²) in [6, 6.07) is 0. The maximum Gasteiger partial charge on any atom is 0.189 e. The Morgan fingerprint density at radius 3 is 1.24 bits per heavy atom. The highest BCUT2D eigenvalue weighted by atomic mass is 16.8. The van der Waals surface area contributed by atoms with Gasteiger partial charge in [0.05, 0.1) is 19.8 Å². The summed E-state index contributed by atoms with van der Waals surface area (Å²) in [7, 11) is 0. The Kier molecular flexibility index (Phi) is 9.54. The summed E-state index contributed by atoms with van der Waals surface area (Å²) in [4.78, 5) is 0. The van der Waals surface area contributed by atoms with Crippen LogP contribution >= 0.6 is 0 Å². The number of ether oxygens (including phenoxy) is 5. The smallest absolute Gasteiger partial charge is 0.189 e. The summed E-state index contributed by atoms with van der Waals surface area (Å²) in [6.45, 7) is -2.05. The fourth-order valence-corrected chi connectivity index (χ4v) is 3.87. The first-order valence-corrected chi connectivity index (χ1v) is 10.6. The lowest BCUT2D eigenvalue weighted by Gasteiger charge is -2.45. The monoisotopic (exact) mass is 504 g/mol. The summed E-state index contributed by atoms with van der Waals surface area (Å²) < 4.78 is 26.3. The van der Waals surface area contributed by atoms with Crippen LogP contribution in [0.5, 0.6) is 0 Å². The molecule has 3 heterocycles. The van der Waals surface area contributed by atoms with E-state index in [0.717, 1.165) is 0 Å². The van der Waals surface area contributed by atoms with Gasteiger partial charge in [0, 0.05) is 0 Å². The third-order valence-electron chi connectivity index (χ3n) is 6.06. The molecular formula is C18H32O16. The van der Waals surface area contributed by atoms with Crippen molar-refractivity contribution in [3.63, 3.8) is 0 Å². The van der Waals surface area contributed by atoms with E-state index in [-0.39, 0.29) is 0 Å². The second-order valence-electron chi connectivity index (χ2n) is 8.38. The first-order valence-electron chi connectivity index (χ1n) is 10.6. The number of rotatable bonds is 7. The van der Waals surface area contributed by atoms with E-state index in [1.807, 2.05) is 0 Å². The fourth-order valence-electron chi connectivity index (χ4n) is 3.87. The van der Waals surface area contributed by atoms with Gasteiger partial charge in [-0.2, -0.15) is 0 Å². The van der Waals surface area contributed by atoms with Crippen molar-refractivity contribution in [2.24, 2.45) is 0 Å². The standard InChI is InChI=1S/C18H32O16/c19-1-4-7(21)10(24)13(27)16(31-4)30-3-6-9(23)12(26)15(29)18(33-6)34-17-14(28)11(25)8(22)5(2-20)32-17/h4-29H,1-3H2/t4-,5-,6-,7-,8-,9-,10+,11+,12+,13+,14+,15+,16+,17-,18-/m1/s1. The highest BCUT2D eigenvalue weighted by Gasteiger charge is 2.50. The van der Waals surface area contributed by atoms with Gasteiger partial charge in [-0.25, -0.2) is 0 Å². The third-order valence-corrected chi connectivity index (χ3v) is 6.06. The quantitative estimate of drug-likeness (QED) is 0.154. The summed E-state index contributed by atoms with van der Waals surface area (Å²) in [5, 5.41) is 109. The number of hydrogen-bond donors (Lipinski definition) is 11. The normalized spacial score (nSPS) is 52.5. The molecule has 0 aromatic carbocycles. The molecule has 0 aromatic heterocycles. The molecule has 3 rings (SSSR count). The molecule has 34 heavy (non-hydrogen) atoms. The Labute approximate surface area is 192 Å². The highest BCUT2D eigenvalue weighted by Crippen LogP contribution is 2.29. The zero-order chi connectivity index (χ0) is 25.3. The van der Waals surface area contributed by atoms with Gasteiger partial charge < -0.3 is 79.9 Å². The largest absolute Gasteiger partial charge is 0.394 e. The first kappa shape index (κ1) is 27.9. The van der Waals surface area contributed by atoms with Gasteiger partial charge in [-0.1, -0.05) is 0 Å². The molecule has 0 radical (unpaired) electrons. The molecule has 3 aliphatic rings. The van der Waals surface area contributed by atoms with E-state index in [9.17, 15) is 56.2 Å². The Bertz CT molecular complexity index is 635. The Morgan fingerprint density at radius 1 is 0.441 bits per heavy atom. The minimum atomic E-state index is -1.87. The molecule has 0 aromatic rings. The molecule has 16 heteroatoms. The van der Waals surface area contributed by atoms with Crippen molar-refractivity contribution in [1.82, 2.24) is 0 Å². The predicted molar refractivity (Wildman–Crippen MR) is 101 cm³/mol. The van der Waals surface area contributed by atoms with E-state index in [2.05, 4.69) is 0 Å². The number of aliphatic hydroxyl groups excluding tert-OH is 11. The molecule has 0 amide bonds. The second-order valence-corrected chi connectivity index (χ2v) is 8.38. The van der Waals surface area contributed by atoms with Crippen molar-refractivity contribution in [2.75, 3.05) is 19.8 Å². The van der Waals surface area contributed by atoms with E-state index in [1.165, 1.54) is 0 Å². The summed E-state index contributed by atoms with van der Waals surface area (Å²) >= 11 is 0. The molecule has 0 spiro atoms. The van der Waals surface area contributed by atoms with E-state index >= 15 is 0 Å². The molecule has 0 saturated carbocycles. The van der Waals surface area contributed by atoms with Crippen LogP contribution in [0, 0.1) is 0 Å². The molecule has 0 bridgehead atoms. The van der Waals surface area contributed by atoms with Crippen LogP contribution in [-0.4, -0.2) is 168 Å². The third kappa shape index (κ3) is 5.52. The molecule has 3 aliphatic heterocycles. The fraction of sp³-hybridized carbons (Fsp3) is 1.00. The maximum atomic E-state index is 10.2. The Morgan fingerprint density at radius 2 is 0.794 bits per heavy atom. The van der Waals surface area contributed by atoms with Crippen molar-refractivity contribution in [3.05, 3.63) is 0 Å². The Hall–Kier alpha value is -0.640. The van der Waals surface area contributed by atoms with Gasteiger partial charge in [0.2, 0.25) is 0 Å². The highest BCUT2D eigenvalue weighted by molar-refractivity contribution is 4.93. The number of hydrogen-bond acceptors (Lipinski definition) is 16. The van der Waals surface area contributed by atoms with Crippen LogP contribution in [0.2, 0.25) is 0 Å². The molecule has 0 unspecified atom stereocenters. The van der Waals surface area contributed by atoms with E-state index in [0.29, 0.717) is 0 Å². The lowest BCUT2D eigenvalue weighted by atomic mass is 9.98. The molecule has 200 valence electrons. The first-order chi connectivity index (χ1) is 16.0. The van der Waals surface area contributed by atoms with Gasteiger partial charge in [-0.15, -0.1) is 0 Å². The van der Waals surface area contributed by atoms with Crippen LogP contribution in [0.15, 0.2) is 0 Å². The van der Waals surface area contributed by atoms with Gasteiger partial charge in [0.1, 0.15) is 73.2 Å².